The van der Waals surface area contributed by atoms with Gasteiger partial charge in [0.15, 0.2) is 0 Å². The zero-order chi connectivity index (χ0) is 20.9. The van der Waals surface area contributed by atoms with Gasteiger partial charge in [-0.3, -0.25) is 4.79 Å². The fourth-order valence-corrected chi connectivity index (χ4v) is 4.05. The van der Waals surface area contributed by atoms with Gasteiger partial charge in [0.2, 0.25) is 5.91 Å². The van der Waals surface area contributed by atoms with E-state index in [1.54, 1.807) is 17.4 Å². The molecule has 0 saturated heterocycles. The Bertz CT molecular complexity index is 1170. The molecule has 0 radical (unpaired) electrons. The first-order chi connectivity index (χ1) is 14.6. The Morgan fingerprint density at radius 3 is 2.27 bits per heavy atom. The van der Waals surface area contributed by atoms with E-state index < -0.39 is 0 Å². The number of thiazole rings is 1. The van der Waals surface area contributed by atoms with Crippen LogP contribution in [0.1, 0.15) is 16.0 Å². The van der Waals surface area contributed by atoms with Crippen LogP contribution < -0.4 is 5.32 Å². The summed E-state index contributed by atoms with van der Waals surface area (Å²) < 4.78 is 0. The molecule has 1 heterocycles. The number of amides is 1. The average Bonchev–Trinajstić information content (AvgIpc) is 3.16. The number of rotatable bonds is 5. The predicted molar refractivity (Wildman–Crippen MR) is 127 cm³/mol. The van der Waals surface area contributed by atoms with Gasteiger partial charge in [0, 0.05) is 27.8 Å². The van der Waals surface area contributed by atoms with Crippen LogP contribution in [0, 0.1) is 13.8 Å². The molecular formula is C26H22N2OS. The zero-order valence-corrected chi connectivity index (χ0v) is 17.7. The van der Waals surface area contributed by atoms with Crippen molar-refractivity contribution < 1.29 is 4.79 Å². The number of benzene rings is 3. The molecule has 0 aliphatic heterocycles. The maximum atomic E-state index is 12.2. The third-order valence-electron chi connectivity index (χ3n) is 4.75. The Hall–Kier alpha value is -3.50. The molecule has 4 rings (SSSR count). The van der Waals surface area contributed by atoms with Crippen LogP contribution >= 0.6 is 11.3 Å². The van der Waals surface area contributed by atoms with E-state index in [9.17, 15) is 4.79 Å². The fourth-order valence-electron chi connectivity index (χ4n) is 3.11. The minimum atomic E-state index is -0.153. The van der Waals surface area contributed by atoms with Crippen molar-refractivity contribution in [2.24, 2.45) is 0 Å². The summed E-state index contributed by atoms with van der Waals surface area (Å²) in [5.41, 5.74) is 6.10. The Kier molecular flexibility index (Phi) is 5.87. The number of hydrogen-bond acceptors (Lipinski definition) is 3. The molecular weight excluding hydrogens is 388 g/mol. The highest BCUT2D eigenvalue weighted by Crippen LogP contribution is 2.33. The van der Waals surface area contributed by atoms with Crippen molar-refractivity contribution in [3.63, 3.8) is 0 Å². The number of hydrogen-bond donors (Lipinski definition) is 1. The molecule has 30 heavy (non-hydrogen) atoms. The van der Waals surface area contributed by atoms with Crippen molar-refractivity contribution >= 4 is 29.0 Å². The highest BCUT2D eigenvalue weighted by Gasteiger charge is 2.11. The van der Waals surface area contributed by atoms with Crippen molar-refractivity contribution in [1.82, 2.24) is 4.98 Å². The summed E-state index contributed by atoms with van der Waals surface area (Å²) >= 11 is 1.69. The second-order valence-electron chi connectivity index (χ2n) is 7.10. The first-order valence-electron chi connectivity index (χ1n) is 9.77. The first-order valence-corrected chi connectivity index (χ1v) is 10.6. The van der Waals surface area contributed by atoms with Crippen LogP contribution in [0.3, 0.4) is 0 Å². The predicted octanol–water partition coefficient (Wildman–Crippen LogP) is 6.75. The summed E-state index contributed by atoms with van der Waals surface area (Å²) in [7, 11) is 0. The Morgan fingerprint density at radius 1 is 0.867 bits per heavy atom. The SMILES string of the molecule is Cc1ccc(/C=C/C(=O)Nc2ccc(-c3nc(-c4ccccc4)sc3C)cc2)cc1. The quantitative estimate of drug-likeness (QED) is 0.370. The molecule has 0 saturated carbocycles. The maximum Gasteiger partial charge on any atom is 0.248 e. The summed E-state index contributed by atoms with van der Waals surface area (Å²) in [6.45, 7) is 4.13. The summed E-state index contributed by atoms with van der Waals surface area (Å²) in [5.74, 6) is -0.153. The second-order valence-corrected chi connectivity index (χ2v) is 8.30. The molecule has 0 spiro atoms. The lowest BCUT2D eigenvalue weighted by Crippen LogP contribution is -2.07. The fraction of sp³-hybridized carbons (Fsp3) is 0.0769. The summed E-state index contributed by atoms with van der Waals surface area (Å²) in [4.78, 5) is 18.2. The summed E-state index contributed by atoms with van der Waals surface area (Å²) in [5, 5.41) is 3.92. The van der Waals surface area contributed by atoms with E-state index in [4.69, 9.17) is 4.98 Å². The number of nitrogens with zero attached hydrogens (tertiary/aromatic N) is 1. The van der Waals surface area contributed by atoms with E-state index in [2.05, 4.69) is 24.4 Å². The molecule has 1 amide bonds. The van der Waals surface area contributed by atoms with Gasteiger partial charge >= 0.3 is 0 Å². The van der Waals surface area contributed by atoms with Crippen molar-refractivity contribution in [2.45, 2.75) is 13.8 Å². The van der Waals surface area contributed by atoms with Gasteiger partial charge < -0.3 is 5.32 Å². The van der Waals surface area contributed by atoms with Crippen molar-refractivity contribution in [3.05, 3.63) is 101 Å². The summed E-state index contributed by atoms with van der Waals surface area (Å²) in [6.07, 6.45) is 3.36. The Balaban J connectivity index is 1.45. The van der Waals surface area contributed by atoms with E-state index in [1.807, 2.05) is 79.7 Å². The van der Waals surface area contributed by atoms with Gasteiger partial charge in [-0.1, -0.05) is 72.3 Å². The number of aromatic nitrogens is 1. The third kappa shape index (κ3) is 4.73. The molecule has 148 valence electrons. The molecule has 0 bridgehead atoms. The molecule has 0 atom stereocenters. The van der Waals surface area contributed by atoms with Gasteiger partial charge in [-0.2, -0.15) is 0 Å². The van der Waals surface area contributed by atoms with Crippen molar-refractivity contribution in [2.75, 3.05) is 5.32 Å². The minimum Gasteiger partial charge on any atom is -0.323 e. The standard InChI is InChI=1S/C26H22N2OS/c1-18-8-10-20(11-9-18)12-17-24(29)27-23-15-13-21(14-16-23)25-19(2)30-26(28-25)22-6-4-3-5-7-22/h3-17H,1-2H3,(H,27,29)/b17-12+. The van der Waals surface area contributed by atoms with E-state index in [0.717, 1.165) is 33.1 Å². The van der Waals surface area contributed by atoms with Gasteiger partial charge in [-0.05, 0) is 37.6 Å². The molecule has 3 aromatic carbocycles. The highest BCUT2D eigenvalue weighted by molar-refractivity contribution is 7.15. The molecule has 0 aliphatic carbocycles. The van der Waals surface area contributed by atoms with Gasteiger partial charge in [-0.15, -0.1) is 11.3 Å². The summed E-state index contributed by atoms with van der Waals surface area (Å²) in [6, 6.07) is 26.1. The molecule has 4 heteroatoms. The third-order valence-corrected chi connectivity index (χ3v) is 5.77. The number of carbonyl (C=O) groups is 1. The van der Waals surface area contributed by atoms with Crippen LogP contribution in [0.4, 0.5) is 5.69 Å². The van der Waals surface area contributed by atoms with E-state index >= 15 is 0 Å². The second kappa shape index (κ2) is 8.89. The van der Waals surface area contributed by atoms with Gasteiger partial charge in [0.25, 0.3) is 0 Å². The smallest absolute Gasteiger partial charge is 0.248 e. The molecule has 3 nitrogen and oxygen atoms in total. The molecule has 0 unspecified atom stereocenters. The number of anilines is 1. The number of aryl methyl sites for hydroxylation is 2. The molecule has 1 N–H and O–H groups in total. The number of nitrogens with one attached hydrogen (secondary N) is 1. The van der Waals surface area contributed by atoms with Gasteiger partial charge in [0.1, 0.15) is 5.01 Å². The van der Waals surface area contributed by atoms with Crippen LogP contribution in [-0.4, -0.2) is 10.9 Å². The highest BCUT2D eigenvalue weighted by atomic mass is 32.1. The number of carbonyl (C=O) groups excluding carboxylic acids is 1. The Morgan fingerprint density at radius 2 is 1.57 bits per heavy atom. The lowest BCUT2D eigenvalue weighted by Gasteiger charge is -2.04. The maximum absolute atomic E-state index is 12.2. The molecule has 4 aromatic rings. The van der Waals surface area contributed by atoms with Crippen LogP contribution in [-0.2, 0) is 4.79 Å². The van der Waals surface area contributed by atoms with Crippen LogP contribution in [0.15, 0.2) is 84.9 Å². The zero-order valence-electron chi connectivity index (χ0n) is 16.9. The molecule has 0 aliphatic rings. The monoisotopic (exact) mass is 410 g/mol. The average molecular weight is 411 g/mol. The minimum absolute atomic E-state index is 0.153. The first kappa shape index (κ1) is 19.8. The van der Waals surface area contributed by atoms with E-state index in [-0.39, 0.29) is 5.91 Å². The van der Waals surface area contributed by atoms with Crippen LogP contribution in [0.25, 0.3) is 27.9 Å². The van der Waals surface area contributed by atoms with Gasteiger partial charge in [-0.25, -0.2) is 4.98 Å². The largest absolute Gasteiger partial charge is 0.323 e. The van der Waals surface area contributed by atoms with Crippen LogP contribution in [0.2, 0.25) is 0 Å². The van der Waals surface area contributed by atoms with E-state index in [0.29, 0.717) is 0 Å². The van der Waals surface area contributed by atoms with E-state index in [1.165, 1.54) is 10.4 Å². The molecule has 0 fully saturated rings. The van der Waals surface area contributed by atoms with Crippen LogP contribution in [0.5, 0.6) is 0 Å². The Labute approximate surface area is 180 Å². The lowest BCUT2D eigenvalue weighted by atomic mass is 10.1. The van der Waals surface area contributed by atoms with Crippen molar-refractivity contribution in [1.29, 1.82) is 0 Å². The topological polar surface area (TPSA) is 42.0 Å². The molecule has 1 aromatic heterocycles. The van der Waals surface area contributed by atoms with Crippen molar-refractivity contribution in [3.8, 4) is 21.8 Å². The van der Waals surface area contributed by atoms with Gasteiger partial charge in [0.05, 0.1) is 5.69 Å². The lowest BCUT2D eigenvalue weighted by molar-refractivity contribution is -0.111. The normalized spacial score (nSPS) is 11.0.